The Kier molecular flexibility index (Phi) is 4.39. The van der Waals surface area contributed by atoms with Crippen molar-refractivity contribution in [3.63, 3.8) is 0 Å². The number of carbonyl (C=O) groups excluding carboxylic acids is 1. The number of halogens is 1. The van der Waals surface area contributed by atoms with Crippen molar-refractivity contribution in [2.75, 3.05) is 0 Å². The van der Waals surface area contributed by atoms with E-state index < -0.39 is 10.0 Å². The molecule has 0 heterocycles. The number of sulfonamides is 1. The van der Waals surface area contributed by atoms with Crippen LogP contribution in [0.4, 0.5) is 0 Å². The van der Waals surface area contributed by atoms with Gasteiger partial charge in [-0.1, -0.05) is 41.9 Å². The number of hydrogen-bond acceptors (Lipinski definition) is 3. The Labute approximate surface area is 151 Å². The number of rotatable bonds is 2. The molecule has 0 saturated carbocycles. The summed E-state index contributed by atoms with van der Waals surface area (Å²) in [7, 11) is -3.94. The third-order valence-electron chi connectivity index (χ3n) is 4.22. The fourth-order valence-corrected chi connectivity index (χ4v) is 4.27. The maximum Gasteiger partial charge on any atom is 0.283 e. The van der Waals surface area contributed by atoms with Crippen LogP contribution in [0.5, 0.6) is 0 Å². The molecule has 0 aromatic heterocycles. The van der Waals surface area contributed by atoms with Crippen molar-refractivity contribution in [2.24, 2.45) is 4.40 Å². The Balaban J connectivity index is 2.20. The average Bonchev–Trinajstić information content (AvgIpc) is 2.55. The quantitative estimate of drug-likeness (QED) is 0.795. The van der Waals surface area contributed by atoms with Crippen LogP contribution >= 0.6 is 11.6 Å². The van der Waals surface area contributed by atoms with E-state index in [1.807, 2.05) is 19.9 Å². The predicted octanol–water partition coefficient (Wildman–Crippen LogP) is 4.11. The van der Waals surface area contributed by atoms with Crippen LogP contribution in [0.2, 0.25) is 0 Å². The van der Waals surface area contributed by atoms with Gasteiger partial charge in [0.05, 0.1) is 15.6 Å². The van der Waals surface area contributed by atoms with E-state index >= 15 is 0 Å². The minimum atomic E-state index is -3.94. The summed E-state index contributed by atoms with van der Waals surface area (Å²) in [4.78, 5) is 12.3. The summed E-state index contributed by atoms with van der Waals surface area (Å²) in [5, 5.41) is -0.0514. The summed E-state index contributed by atoms with van der Waals surface area (Å²) in [5.41, 5.74) is 3.49. The molecular weight excluding hydrogens is 358 g/mol. The normalized spacial score (nSPS) is 15.9. The SMILES string of the molecule is Cc1cc(C)c(S(=O)(=O)/N=C2\C=C(Cl)C(=O)c3ccccc32)cc1C. The summed E-state index contributed by atoms with van der Waals surface area (Å²) in [6.07, 6.45) is 1.31. The number of hydrogen-bond donors (Lipinski definition) is 0. The summed E-state index contributed by atoms with van der Waals surface area (Å²) in [6, 6.07) is 10.1. The molecule has 0 fully saturated rings. The third kappa shape index (κ3) is 3.17. The molecule has 2 aromatic carbocycles. The number of aryl methyl sites for hydroxylation is 3. The predicted molar refractivity (Wildman–Crippen MR) is 99.1 cm³/mol. The van der Waals surface area contributed by atoms with E-state index in [9.17, 15) is 13.2 Å². The first kappa shape index (κ1) is 17.6. The Morgan fingerprint density at radius 1 is 0.920 bits per heavy atom. The average molecular weight is 374 g/mol. The highest BCUT2D eigenvalue weighted by Gasteiger charge is 2.25. The molecule has 0 bridgehead atoms. The van der Waals surface area contributed by atoms with Gasteiger partial charge in [-0.3, -0.25) is 4.79 Å². The van der Waals surface area contributed by atoms with E-state index in [0.717, 1.165) is 11.1 Å². The number of ketones is 1. The lowest BCUT2D eigenvalue weighted by molar-refractivity contribution is 0.104. The van der Waals surface area contributed by atoms with Crippen LogP contribution in [0, 0.1) is 20.8 Å². The smallest absolute Gasteiger partial charge is 0.283 e. The third-order valence-corrected chi connectivity index (χ3v) is 5.93. The first-order valence-corrected chi connectivity index (χ1v) is 9.46. The topological polar surface area (TPSA) is 63.6 Å². The van der Waals surface area contributed by atoms with Crippen LogP contribution < -0.4 is 0 Å². The first-order chi connectivity index (χ1) is 11.7. The Morgan fingerprint density at radius 3 is 2.20 bits per heavy atom. The Hall–Kier alpha value is -2.24. The number of Topliss-reactive ketones (excluding diaryl/α,β-unsaturated/α-hetero) is 1. The molecule has 25 heavy (non-hydrogen) atoms. The van der Waals surface area contributed by atoms with Crippen molar-refractivity contribution in [2.45, 2.75) is 25.7 Å². The molecule has 2 aromatic rings. The van der Waals surface area contributed by atoms with Crippen LogP contribution in [0.1, 0.15) is 32.6 Å². The lowest BCUT2D eigenvalue weighted by Crippen LogP contribution is -2.16. The second-order valence-electron chi connectivity index (χ2n) is 6.02. The Bertz CT molecular complexity index is 1070. The van der Waals surface area contributed by atoms with E-state index in [2.05, 4.69) is 4.40 Å². The van der Waals surface area contributed by atoms with Gasteiger partial charge in [-0.05, 0) is 49.6 Å². The van der Waals surface area contributed by atoms with Crippen molar-refractivity contribution >= 4 is 33.1 Å². The van der Waals surface area contributed by atoms with Gasteiger partial charge in [-0.2, -0.15) is 12.8 Å². The highest BCUT2D eigenvalue weighted by Crippen LogP contribution is 2.27. The monoisotopic (exact) mass is 373 g/mol. The van der Waals surface area contributed by atoms with Gasteiger partial charge >= 0.3 is 0 Å². The van der Waals surface area contributed by atoms with E-state index in [0.29, 0.717) is 16.7 Å². The van der Waals surface area contributed by atoms with Crippen LogP contribution in [0.3, 0.4) is 0 Å². The molecule has 128 valence electrons. The van der Waals surface area contributed by atoms with Crippen LogP contribution in [-0.4, -0.2) is 19.9 Å². The molecule has 0 amide bonds. The zero-order valence-electron chi connectivity index (χ0n) is 14.0. The molecule has 0 aliphatic heterocycles. The highest BCUT2D eigenvalue weighted by atomic mass is 35.5. The second kappa shape index (κ2) is 6.24. The van der Waals surface area contributed by atoms with Crippen molar-refractivity contribution < 1.29 is 13.2 Å². The molecule has 0 unspecified atom stereocenters. The van der Waals surface area contributed by atoms with Crippen molar-refractivity contribution in [1.82, 2.24) is 0 Å². The van der Waals surface area contributed by atoms with E-state index in [4.69, 9.17) is 11.6 Å². The maximum absolute atomic E-state index is 12.8. The van der Waals surface area contributed by atoms with Crippen molar-refractivity contribution in [3.05, 3.63) is 75.3 Å². The standard InChI is InChI=1S/C19H16ClNO3S/c1-11-8-13(3)18(9-12(11)2)25(23,24)21-17-10-16(20)19(22)15-7-5-4-6-14(15)17/h4-10H,1-3H3/b21-17+. The van der Waals surface area contributed by atoms with Crippen LogP contribution in [0.15, 0.2) is 56.8 Å². The Morgan fingerprint density at radius 2 is 1.52 bits per heavy atom. The van der Waals surface area contributed by atoms with Gasteiger partial charge < -0.3 is 0 Å². The number of carbonyl (C=O) groups is 1. The fraction of sp³-hybridized carbons (Fsp3) is 0.158. The molecule has 3 rings (SSSR count). The zero-order valence-corrected chi connectivity index (χ0v) is 15.6. The van der Waals surface area contributed by atoms with E-state index in [1.54, 1.807) is 37.3 Å². The molecule has 1 aliphatic rings. The number of fused-ring (bicyclic) bond motifs is 1. The summed E-state index contributed by atoms with van der Waals surface area (Å²) in [5.74, 6) is -0.337. The molecule has 0 N–H and O–H groups in total. The number of nitrogens with zero attached hydrogens (tertiary/aromatic N) is 1. The molecule has 0 saturated heterocycles. The molecule has 4 nitrogen and oxygen atoms in total. The van der Waals surface area contributed by atoms with Gasteiger partial charge in [0.1, 0.15) is 0 Å². The van der Waals surface area contributed by atoms with Crippen LogP contribution in [0.25, 0.3) is 0 Å². The summed E-state index contributed by atoms with van der Waals surface area (Å²) in [6.45, 7) is 5.52. The van der Waals surface area contributed by atoms with Crippen LogP contribution in [-0.2, 0) is 10.0 Å². The van der Waals surface area contributed by atoms with Gasteiger partial charge in [0.2, 0.25) is 5.78 Å². The fourth-order valence-electron chi connectivity index (χ4n) is 2.76. The van der Waals surface area contributed by atoms with Gasteiger partial charge in [0.25, 0.3) is 10.0 Å². The minimum absolute atomic E-state index is 0.0514. The van der Waals surface area contributed by atoms with Gasteiger partial charge in [0, 0.05) is 11.1 Å². The molecular formula is C19H16ClNO3S. The van der Waals surface area contributed by atoms with Crippen molar-refractivity contribution in [3.8, 4) is 0 Å². The molecule has 0 spiro atoms. The van der Waals surface area contributed by atoms with Crippen molar-refractivity contribution in [1.29, 1.82) is 0 Å². The lowest BCUT2D eigenvalue weighted by atomic mass is 9.94. The van der Waals surface area contributed by atoms with Gasteiger partial charge in [-0.15, -0.1) is 0 Å². The highest BCUT2D eigenvalue weighted by molar-refractivity contribution is 7.90. The van der Waals surface area contributed by atoms with Gasteiger partial charge in [-0.25, -0.2) is 0 Å². The molecule has 6 heteroatoms. The van der Waals surface area contributed by atoms with Gasteiger partial charge in [0.15, 0.2) is 0 Å². The van der Waals surface area contributed by atoms with E-state index in [-0.39, 0.29) is 21.4 Å². The largest absolute Gasteiger partial charge is 0.288 e. The number of benzene rings is 2. The zero-order chi connectivity index (χ0) is 18.4. The molecule has 0 atom stereocenters. The maximum atomic E-state index is 12.8. The second-order valence-corrected chi connectivity index (χ2v) is 8.00. The molecule has 1 aliphatic carbocycles. The lowest BCUT2D eigenvalue weighted by Gasteiger charge is -2.14. The minimum Gasteiger partial charge on any atom is -0.288 e. The first-order valence-electron chi connectivity index (χ1n) is 7.65. The summed E-state index contributed by atoms with van der Waals surface area (Å²) >= 11 is 5.98. The summed E-state index contributed by atoms with van der Waals surface area (Å²) < 4.78 is 29.6. The molecule has 0 radical (unpaired) electrons. The van der Waals surface area contributed by atoms with E-state index in [1.165, 1.54) is 6.08 Å². The number of allylic oxidation sites excluding steroid dienone is 2.